The van der Waals surface area contributed by atoms with Crippen molar-refractivity contribution in [2.45, 2.75) is 11.3 Å². The topological polar surface area (TPSA) is 104 Å². The van der Waals surface area contributed by atoms with E-state index in [-0.39, 0.29) is 29.5 Å². The summed E-state index contributed by atoms with van der Waals surface area (Å²) in [5.41, 5.74) is 0.511. The standard InChI is InChI=1S/C17H15FN2O5S/c18-12-2-1-3-13(9-12)19-26(24,25)15-6-4-14(5-7-15)20-10-11(17(22)23)8-16(20)21/h1-7,9,11,19H,8,10H2,(H,22,23). The van der Waals surface area contributed by atoms with Gasteiger partial charge in [-0.3, -0.25) is 14.3 Å². The molecule has 1 saturated heterocycles. The first-order chi connectivity index (χ1) is 12.3. The number of benzene rings is 2. The van der Waals surface area contributed by atoms with E-state index in [0.717, 1.165) is 6.07 Å². The quantitative estimate of drug-likeness (QED) is 0.829. The van der Waals surface area contributed by atoms with E-state index in [1.807, 2.05) is 0 Å². The lowest BCUT2D eigenvalue weighted by Gasteiger charge is -2.16. The van der Waals surface area contributed by atoms with Crippen LogP contribution in [0.5, 0.6) is 0 Å². The van der Waals surface area contributed by atoms with Crippen molar-refractivity contribution in [3.8, 4) is 0 Å². The number of aliphatic carboxylic acids is 1. The van der Waals surface area contributed by atoms with Crippen molar-refractivity contribution >= 4 is 33.3 Å². The molecule has 2 aromatic rings. The first kappa shape index (κ1) is 17.9. The summed E-state index contributed by atoms with van der Waals surface area (Å²) in [4.78, 5) is 24.2. The number of carbonyl (C=O) groups excluding carboxylic acids is 1. The molecule has 3 rings (SSSR count). The van der Waals surface area contributed by atoms with Crippen LogP contribution in [-0.2, 0) is 19.6 Å². The molecule has 1 heterocycles. The third-order valence-electron chi connectivity index (χ3n) is 4.01. The van der Waals surface area contributed by atoms with Crippen LogP contribution >= 0.6 is 0 Å². The highest BCUT2D eigenvalue weighted by Gasteiger charge is 2.35. The van der Waals surface area contributed by atoms with E-state index in [4.69, 9.17) is 5.11 Å². The van der Waals surface area contributed by atoms with E-state index in [9.17, 15) is 22.4 Å². The summed E-state index contributed by atoms with van der Waals surface area (Å²) in [5.74, 6) is -2.72. The Kier molecular flexibility index (Phi) is 4.64. The smallest absolute Gasteiger partial charge is 0.308 e. The lowest BCUT2D eigenvalue weighted by Crippen LogP contribution is -2.25. The van der Waals surface area contributed by atoms with Crippen LogP contribution in [0, 0.1) is 11.7 Å². The van der Waals surface area contributed by atoms with Crippen molar-refractivity contribution in [3.05, 3.63) is 54.3 Å². The van der Waals surface area contributed by atoms with Gasteiger partial charge in [0.15, 0.2) is 0 Å². The minimum Gasteiger partial charge on any atom is -0.481 e. The maximum atomic E-state index is 13.2. The Morgan fingerprint density at radius 1 is 1.19 bits per heavy atom. The van der Waals surface area contributed by atoms with Gasteiger partial charge in [0.2, 0.25) is 5.91 Å². The van der Waals surface area contributed by atoms with Gasteiger partial charge in [0.05, 0.1) is 16.5 Å². The predicted molar refractivity (Wildman–Crippen MR) is 91.7 cm³/mol. The molecule has 136 valence electrons. The van der Waals surface area contributed by atoms with E-state index >= 15 is 0 Å². The molecule has 26 heavy (non-hydrogen) atoms. The fraction of sp³-hybridized carbons (Fsp3) is 0.176. The van der Waals surface area contributed by atoms with Gasteiger partial charge < -0.3 is 10.0 Å². The van der Waals surface area contributed by atoms with Crippen molar-refractivity contribution < 1.29 is 27.5 Å². The van der Waals surface area contributed by atoms with Crippen LogP contribution in [0.25, 0.3) is 0 Å². The van der Waals surface area contributed by atoms with E-state index in [0.29, 0.717) is 5.69 Å². The van der Waals surface area contributed by atoms with E-state index < -0.39 is 27.7 Å². The summed E-state index contributed by atoms with van der Waals surface area (Å²) in [5, 5.41) is 9.01. The molecule has 0 bridgehead atoms. The van der Waals surface area contributed by atoms with Gasteiger partial charge in [0, 0.05) is 18.7 Å². The highest BCUT2D eigenvalue weighted by atomic mass is 32.2. The highest BCUT2D eigenvalue weighted by Crippen LogP contribution is 2.27. The Labute approximate surface area is 149 Å². The van der Waals surface area contributed by atoms with Gasteiger partial charge in [-0.25, -0.2) is 12.8 Å². The van der Waals surface area contributed by atoms with E-state index in [2.05, 4.69) is 4.72 Å². The molecule has 1 fully saturated rings. The van der Waals surface area contributed by atoms with Crippen LogP contribution in [0.4, 0.5) is 15.8 Å². The van der Waals surface area contributed by atoms with Gasteiger partial charge in [-0.15, -0.1) is 0 Å². The minimum absolute atomic E-state index is 0.0435. The summed E-state index contributed by atoms with van der Waals surface area (Å²) in [6.45, 7) is 0.0435. The summed E-state index contributed by atoms with van der Waals surface area (Å²) < 4.78 is 40.2. The zero-order valence-corrected chi connectivity index (χ0v) is 14.2. The van der Waals surface area contributed by atoms with Crippen LogP contribution in [0.2, 0.25) is 0 Å². The molecule has 7 nitrogen and oxygen atoms in total. The van der Waals surface area contributed by atoms with Crippen LogP contribution < -0.4 is 9.62 Å². The molecule has 2 N–H and O–H groups in total. The largest absolute Gasteiger partial charge is 0.481 e. The first-order valence-electron chi connectivity index (χ1n) is 7.68. The van der Waals surface area contributed by atoms with Gasteiger partial charge in [-0.05, 0) is 42.5 Å². The molecule has 1 aliphatic rings. The van der Waals surface area contributed by atoms with Gasteiger partial charge in [-0.2, -0.15) is 0 Å². The summed E-state index contributed by atoms with van der Waals surface area (Å²) >= 11 is 0. The van der Waals surface area contributed by atoms with Crippen LogP contribution in [0.15, 0.2) is 53.4 Å². The van der Waals surface area contributed by atoms with E-state index in [1.165, 1.54) is 47.4 Å². The Bertz CT molecular complexity index is 959. The van der Waals surface area contributed by atoms with Gasteiger partial charge in [-0.1, -0.05) is 6.07 Å². The second-order valence-corrected chi connectivity index (χ2v) is 7.54. The average molecular weight is 378 g/mol. The zero-order chi connectivity index (χ0) is 18.9. The number of carbonyl (C=O) groups is 2. The SMILES string of the molecule is O=C(O)C1CC(=O)N(c2ccc(S(=O)(=O)Nc3cccc(F)c3)cc2)C1. The van der Waals surface area contributed by atoms with Crippen LogP contribution in [0.3, 0.4) is 0 Å². The number of halogens is 1. The van der Waals surface area contributed by atoms with Crippen LogP contribution in [-0.4, -0.2) is 31.9 Å². The average Bonchev–Trinajstić information content (AvgIpc) is 2.97. The number of amides is 1. The number of hydrogen-bond acceptors (Lipinski definition) is 4. The molecule has 0 aliphatic carbocycles. The minimum atomic E-state index is -3.92. The molecule has 0 radical (unpaired) electrons. The zero-order valence-electron chi connectivity index (χ0n) is 13.4. The van der Waals surface area contributed by atoms with E-state index in [1.54, 1.807) is 0 Å². The third kappa shape index (κ3) is 3.67. The van der Waals surface area contributed by atoms with Crippen molar-refractivity contribution in [2.24, 2.45) is 5.92 Å². The molecule has 9 heteroatoms. The fourth-order valence-corrected chi connectivity index (χ4v) is 3.74. The third-order valence-corrected chi connectivity index (χ3v) is 5.41. The number of nitrogens with zero attached hydrogens (tertiary/aromatic N) is 1. The molecule has 0 spiro atoms. The van der Waals surface area contributed by atoms with Crippen LogP contribution in [0.1, 0.15) is 6.42 Å². The Morgan fingerprint density at radius 2 is 1.88 bits per heavy atom. The summed E-state index contributed by atoms with van der Waals surface area (Å²) in [6.07, 6.45) is -0.0868. The maximum Gasteiger partial charge on any atom is 0.308 e. The van der Waals surface area contributed by atoms with Gasteiger partial charge in [0.1, 0.15) is 5.82 Å². The number of carboxylic acids is 1. The molecule has 1 amide bonds. The predicted octanol–water partition coefficient (Wildman–Crippen LogP) is 2.06. The number of anilines is 2. The van der Waals surface area contributed by atoms with Crippen molar-refractivity contribution in [2.75, 3.05) is 16.2 Å². The second-order valence-electron chi connectivity index (χ2n) is 5.85. The normalized spacial score (nSPS) is 17.3. The molecular weight excluding hydrogens is 363 g/mol. The Hall–Kier alpha value is -2.94. The maximum absolute atomic E-state index is 13.2. The molecule has 2 aromatic carbocycles. The number of carboxylic acid groups (broad SMARTS) is 1. The molecular formula is C17H15FN2O5S. The molecule has 1 aliphatic heterocycles. The van der Waals surface area contributed by atoms with Crippen molar-refractivity contribution in [1.82, 2.24) is 0 Å². The van der Waals surface area contributed by atoms with Crippen molar-refractivity contribution in [1.29, 1.82) is 0 Å². The van der Waals surface area contributed by atoms with Gasteiger partial charge in [0.25, 0.3) is 10.0 Å². The lowest BCUT2D eigenvalue weighted by molar-refractivity contribution is -0.141. The molecule has 1 unspecified atom stereocenters. The fourth-order valence-electron chi connectivity index (χ4n) is 2.69. The summed E-state index contributed by atoms with van der Waals surface area (Å²) in [7, 11) is -3.92. The Morgan fingerprint density at radius 3 is 2.46 bits per heavy atom. The second kappa shape index (κ2) is 6.75. The molecule has 1 atom stereocenters. The van der Waals surface area contributed by atoms with Gasteiger partial charge >= 0.3 is 5.97 Å². The first-order valence-corrected chi connectivity index (χ1v) is 9.16. The van der Waals surface area contributed by atoms with Crippen molar-refractivity contribution in [3.63, 3.8) is 0 Å². The summed E-state index contributed by atoms with van der Waals surface area (Å²) in [6, 6.07) is 10.5. The number of hydrogen-bond donors (Lipinski definition) is 2. The Balaban J connectivity index is 1.79. The number of nitrogens with one attached hydrogen (secondary N) is 1. The molecule has 0 aromatic heterocycles. The molecule has 0 saturated carbocycles. The number of sulfonamides is 1. The number of rotatable bonds is 5. The highest BCUT2D eigenvalue weighted by molar-refractivity contribution is 7.92. The monoisotopic (exact) mass is 378 g/mol. The lowest BCUT2D eigenvalue weighted by atomic mass is 10.1.